The van der Waals surface area contributed by atoms with Crippen LogP contribution in [-0.2, 0) is 14.8 Å². The summed E-state index contributed by atoms with van der Waals surface area (Å²) in [6.07, 6.45) is 0.940. The highest BCUT2D eigenvalue weighted by Crippen LogP contribution is 2.25. The van der Waals surface area contributed by atoms with Crippen molar-refractivity contribution in [1.29, 1.82) is 0 Å². The number of carboxylic acid groups (broad SMARTS) is 1. The zero-order chi connectivity index (χ0) is 15.6. The van der Waals surface area contributed by atoms with Crippen LogP contribution in [0.5, 0.6) is 0 Å². The van der Waals surface area contributed by atoms with Crippen molar-refractivity contribution in [3.05, 3.63) is 30.3 Å². The van der Waals surface area contributed by atoms with E-state index in [1.165, 1.54) is 4.31 Å². The number of hydrogen-bond donors (Lipinski definition) is 1. The standard InChI is InChI=1S/C14H20N2O4S/c1-11-9-16(21(2,19)20)13(8-14(17)18)10-15(11)12-6-4-3-5-7-12/h3-7,11,13H,8-10H2,1-2H3,(H,17,18). The first-order valence-electron chi connectivity index (χ1n) is 6.79. The molecular formula is C14H20N2O4S. The number of hydrogen-bond acceptors (Lipinski definition) is 4. The lowest BCUT2D eigenvalue weighted by molar-refractivity contribution is -0.138. The second kappa shape index (κ2) is 6.03. The second-order valence-corrected chi connectivity index (χ2v) is 7.36. The van der Waals surface area contributed by atoms with Gasteiger partial charge in [-0.25, -0.2) is 8.42 Å². The summed E-state index contributed by atoms with van der Waals surface area (Å²) >= 11 is 0. The van der Waals surface area contributed by atoms with Gasteiger partial charge in [-0.2, -0.15) is 4.31 Å². The predicted molar refractivity (Wildman–Crippen MR) is 80.8 cm³/mol. The van der Waals surface area contributed by atoms with Crippen molar-refractivity contribution in [2.75, 3.05) is 24.2 Å². The Morgan fingerprint density at radius 1 is 1.29 bits per heavy atom. The van der Waals surface area contributed by atoms with E-state index in [4.69, 9.17) is 5.11 Å². The van der Waals surface area contributed by atoms with E-state index in [-0.39, 0.29) is 12.5 Å². The molecule has 1 heterocycles. The highest BCUT2D eigenvalue weighted by atomic mass is 32.2. The number of anilines is 1. The lowest BCUT2D eigenvalue weighted by Crippen LogP contribution is -2.59. The fraction of sp³-hybridized carbons (Fsp3) is 0.500. The van der Waals surface area contributed by atoms with Gasteiger partial charge in [-0.15, -0.1) is 0 Å². The van der Waals surface area contributed by atoms with Gasteiger partial charge in [0.15, 0.2) is 0 Å². The molecule has 0 bridgehead atoms. The molecule has 0 spiro atoms. The summed E-state index contributed by atoms with van der Waals surface area (Å²) in [6.45, 7) is 2.62. The molecule has 0 saturated carbocycles. The van der Waals surface area contributed by atoms with Gasteiger partial charge in [-0.1, -0.05) is 18.2 Å². The minimum Gasteiger partial charge on any atom is -0.481 e. The number of piperazine rings is 1. The largest absolute Gasteiger partial charge is 0.481 e. The molecule has 0 amide bonds. The maximum absolute atomic E-state index is 11.9. The van der Waals surface area contributed by atoms with Crippen molar-refractivity contribution in [1.82, 2.24) is 4.31 Å². The molecule has 2 rings (SSSR count). The van der Waals surface area contributed by atoms with Crippen LogP contribution in [0.1, 0.15) is 13.3 Å². The third-order valence-corrected chi connectivity index (χ3v) is 5.01. The van der Waals surface area contributed by atoms with Crippen molar-refractivity contribution < 1.29 is 18.3 Å². The Morgan fingerprint density at radius 3 is 2.43 bits per heavy atom. The van der Waals surface area contributed by atoms with Crippen LogP contribution in [-0.4, -0.2) is 55.2 Å². The average Bonchev–Trinajstić information content (AvgIpc) is 2.39. The Morgan fingerprint density at radius 2 is 1.90 bits per heavy atom. The van der Waals surface area contributed by atoms with E-state index in [1.807, 2.05) is 37.3 Å². The second-order valence-electron chi connectivity index (χ2n) is 5.42. The minimum atomic E-state index is -3.42. The molecule has 1 N–H and O–H groups in total. The minimum absolute atomic E-state index is 0.00725. The Balaban J connectivity index is 2.28. The molecule has 7 heteroatoms. The van der Waals surface area contributed by atoms with Gasteiger partial charge in [0.05, 0.1) is 18.7 Å². The molecule has 0 aliphatic carbocycles. The summed E-state index contributed by atoms with van der Waals surface area (Å²) in [4.78, 5) is 13.1. The molecule has 1 aromatic carbocycles. The van der Waals surface area contributed by atoms with Gasteiger partial charge in [0.1, 0.15) is 0 Å². The average molecular weight is 312 g/mol. The van der Waals surface area contributed by atoms with Crippen molar-refractivity contribution in [3.63, 3.8) is 0 Å². The summed E-state index contributed by atoms with van der Waals surface area (Å²) in [5.41, 5.74) is 0.980. The maximum atomic E-state index is 11.9. The topological polar surface area (TPSA) is 77.9 Å². The molecular weight excluding hydrogens is 292 g/mol. The quantitative estimate of drug-likeness (QED) is 0.897. The summed E-state index contributed by atoms with van der Waals surface area (Å²) < 4.78 is 25.1. The first-order valence-corrected chi connectivity index (χ1v) is 8.64. The van der Waals surface area contributed by atoms with E-state index in [9.17, 15) is 13.2 Å². The van der Waals surface area contributed by atoms with E-state index in [0.29, 0.717) is 13.1 Å². The van der Waals surface area contributed by atoms with Crippen LogP contribution >= 0.6 is 0 Å². The van der Waals surface area contributed by atoms with E-state index < -0.39 is 22.0 Å². The summed E-state index contributed by atoms with van der Waals surface area (Å²) in [6, 6.07) is 9.08. The number of para-hydroxylation sites is 1. The van der Waals surface area contributed by atoms with Crippen molar-refractivity contribution >= 4 is 21.7 Å². The third-order valence-electron chi connectivity index (χ3n) is 3.72. The van der Waals surface area contributed by atoms with Gasteiger partial charge in [-0.3, -0.25) is 4.79 Å². The Labute approximate surface area is 125 Å². The monoisotopic (exact) mass is 312 g/mol. The smallest absolute Gasteiger partial charge is 0.305 e. The molecule has 116 valence electrons. The molecule has 2 unspecified atom stereocenters. The van der Waals surface area contributed by atoms with Crippen molar-refractivity contribution in [3.8, 4) is 0 Å². The fourth-order valence-electron chi connectivity index (χ4n) is 2.76. The number of rotatable bonds is 4. The van der Waals surface area contributed by atoms with E-state index in [2.05, 4.69) is 4.90 Å². The zero-order valence-corrected chi connectivity index (χ0v) is 13.0. The van der Waals surface area contributed by atoms with Crippen LogP contribution in [0.2, 0.25) is 0 Å². The van der Waals surface area contributed by atoms with Gasteiger partial charge >= 0.3 is 5.97 Å². The van der Waals surface area contributed by atoms with Crippen molar-refractivity contribution in [2.24, 2.45) is 0 Å². The number of nitrogens with zero attached hydrogens (tertiary/aromatic N) is 2. The highest BCUT2D eigenvalue weighted by Gasteiger charge is 2.37. The molecule has 2 atom stereocenters. The molecule has 1 saturated heterocycles. The van der Waals surface area contributed by atoms with E-state index in [0.717, 1.165) is 11.9 Å². The molecule has 21 heavy (non-hydrogen) atoms. The van der Waals surface area contributed by atoms with E-state index >= 15 is 0 Å². The third kappa shape index (κ3) is 3.74. The molecule has 6 nitrogen and oxygen atoms in total. The van der Waals surface area contributed by atoms with Crippen molar-refractivity contribution in [2.45, 2.75) is 25.4 Å². The van der Waals surface area contributed by atoms with Crippen LogP contribution in [0, 0.1) is 0 Å². The van der Waals surface area contributed by atoms with Gasteiger partial charge in [0.25, 0.3) is 0 Å². The fourth-order valence-corrected chi connectivity index (χ4v) is 3.93. The van der Waals surface area contributed by atoms with Crippen LogP contribution in [0.25, 0.3) is 0 Å². The highest BCUT2D eigenvalue weighted by molar-refractivity contribution is 7.88. The number of carboxylic acids is 1. The molecule has 1 fully saturated rings. The molecule has 1 aliphatic heterocycles. The van der Waals surface area contributed by atoms with Gasteiger partial charge in [0.2, 0.25) is 10.0 Å². The summed E-state index contributed by atoms with van der Waals surface area (Å²) in [5, 5.41) is 9.03. The lowest BCUT2D eigenvalue weighted by atomic mass is 10.1. The zero-order valence-electron chi connectivity index (χ0n) is 12.1. The predicted octanol–water partition coefficient (Wildman–Crippen LogP) is 1.00. The molecule has 1 aliphatic rings. The van der Waals surface area contributed by atoms with Crippen LogP contribution in [0.4, 0.5) is 5.69 Å². The number of carbonyl (C=O) groups is 1. The van der Waals surface area contributed by atoms with Gasteiger partial charge in [-0.05, 0) is 19.1 Å². The molecule has 0 aromatic heterocycles. The van der Waals surface area contributed by atoms with Crippen LogP contribution < -0.4 is 4.90 Å². The number of benzene rings is 1. The Bertz CT molecular complexity index is 603. The van der Waals surface area contributed by atoms with Gasteiger partial charge < -0.3 is 10.0 Å². The maximum Gasteiger partial charge on any atom is 0.305 e. The molecule has 1 aromatic rings. The summed E-state index contributed by atoms with van der Waals surface area (Å²) in [5.74, 6) is -0.990. The number of sulfonamides is 1. The number of aliphatic carboxylic acids is 1. The summed E-state index contributed by atoms with van der Waals surface area (Å²) in [7, 11) is -3.42. The first-order chi connectivity index (χ1) is 9.79. The van der Waals surface area contributed by atoms with Crippen LogP contribution in [0.3, 0.4) is 0 Å². The van der Waals surface area contributed by atoms with Gasteiger partial charge in [0, 0.05) is 24.8 Å². The molecule has 0 radical (unpaired) electrons. The Hall–Kier alpha value is -1.60. The normalized spacial score (nSPS) is 24.0. The van der Waals surface area contributed by atoms with Crippen LogP contribution in [0.15, 0.2) is 30.3 Å². The SMILES string of the molecule is CC1CN(S(C)(=O)=O)C(CC(=O)O)CN1c1ccccc1. The lowest BCUT2D eigenvalue weighted by Gasteiger charge is -2.44. The Kier molecular flexibility index (Phi) is 4.53. The van der Waals surface area contributed by atoms with E-state index in [1.54, 1.807) is 0 Å². The first kappa shape index (κ1) is 15.8.